The first-order valence-corrected chi connectivity index (χ1v) is 11.0. The molecule has 0 radical (unpaired) electrons. The number of hydrogen-bond donors (Lipinski definition) is 2. The van der Waals surface area contributed by atoms with E-state index in [0.717, 1.165) is 36.3 Å². The molecule has 3 aliphatic rings. The number of aromatic nitrogens is 1. The van der Waals surface area contributed by atoms with E-state index in [9.17, 15) is 4.79 Å². The maximum atomic E-state index is 12.7. The molecule has 2 aromatic heterocycles. The lowest BCUT2D eigenvalue weighted by atomic mass is 9.84. The van der Waals surface area contributed by atoms with Crippen LogP contribution < -0.4 is 5.32 Å². The van der Waals surface area contributed by atoms with E-state index >= 15 is 0 Å². The Balaban J connectivity index is 1.19. The Morgan fingerprint density at radius 1 is 0.968 bits per heavy atom. The Hall–Kier alpha value is -3.31. The summed E-state index contributed by atoms with van der Waals surface area (Å²) in [6.45, 7) is 3.28. The van der Waals surface area contributed by atoms with Gasteiger partial charge in [0.1, 0.15) is 5.76 Å². The van der Waals surface area contributed by atoms with E-state index in [1.807, 2.05) is 30.5 Å². The summed E-state index contributed by atoms with van der Waals surface area (Å²) in [6, 6.07) is 20.5. The van der Waals surface area contributed by atoms with Crippen LogP contribution in [0.2, 0.25) is 0 Å². The van der Waals surface area contributed by atoms with Crippen LogP contribution in [0.4, 0.5) is 0 Å². The maximum Gasteiger partial charge on any atom is 0.287 e. The Morgan fingerprint density at radius 2 is 1.74 bits per heavy atom. The molecule has 31 heavy (non-hydrogen) atoms. The standard InChI is InChI=1S/C26H25N3O2/c30-26(28-23-16-29-13-11-18(23)12-14-29)25-10-9-24(31-25)19-7-5-17(6-8-19)21-15-27-22-4-2-1-3-20(21)22/h1-10,15,18,23,27H,11-14,16H2,(H,28,30)/t23-/m0/s1. The fraction of sp³-hybridized carbons (Fsp3) is 0.269. The molecular formula is C26H25N3O2. The molecule has 2 N–H and O–H groups in total. The first-order chi connectivity index (χ1) is 15.2. The zero-order valence-corrected chi connectivity index (χ0v) is 17.3. The number of benzene rings is 2. The summed E-state index contributed by atoms with van der Waals surface area (Å²) in [5.41, 5.74) is 4.42. The average molecular weight is 412 g/mol. The van der Waals surface area contributed by atoms with Crippen molar-refractivity contribution in [2.45, 2.75) is 18.9 Å². The van der Waals surface area contributed by atoms with Crippen molar-refractivity contribution >= 4 is 16.8 Å². The van der Waals surface area contributed by atoms with Gasteiger partial charge in [0.2, 0.25) is 0 Å². The van der Waals surface area contributed by atoms with Crippen LogP contribution in [-0.2, 0) is 0 Å². The molecule has 2 bridgehead atoms. The van der Waals surface area contributed by atoms with Crippen molar-refractivity contribution in [3.63, 3.8) is 0 Å². The second-order valence-corrected chi connectivity index (χ2v) is 8.71. The lowest BCUT2D eigenvalue weighted by molar-refractivity contribution is 0.0606. The molecule has 5 nitrogen and oxygen atoms in total. The van der Waals surface area contributed by atoms with Gasteiger partial charge in [0, 0.05) is 40.8 Å². The number of para-hydroxylation sites is 1. The van der Waals surface area contributed by atoms with Gasteiger partial charge in [0.15, 0.2) is 5.76 Å². The minimum atomic E-state index is -0.111. The smallest absolute Gasteiger partial charge is 0.287 e. The van der Waals surface area contributed by atoms with E-state index < -0.39 is 0 Å². The molecule has 1 amide bonds. The number of furan rings is 1. The third-order valence-electron chi connectivity index (χ3n) is 6.87. The number of piperidine rings is 3. The number of fused-ring (bicyclic) bond motifs is 4. The molecule has 3 fully saturated rings. The number of nitrogens with zero attached hydrogens (tertiary/aromatic N) is 1. The molecule has 156 valence electrons. The summed E-state index contributed by atoms with van der Waals surface area (Å²) in [5.74, 6) is 1.58. The highest BCUT2D eigenvalue weighted by Crippen LogP contribution is 2.31. The van der Waals surface area contributed by atoms with Gasteiger partial charge in [-0.2, -0.15) is 0 Å². The summed E-state index contributed by atoms with van der Waals surface area (Å²) in [6.07, 6.45) is 4.40. The molecule has 5 heterocycles. The first kappa shape index (κ1) is 18.5. The number of carbonyl (C=O) groups excluding carboxylic acids is 1. The SMILES string of the molecule is O=C(N[C@H]1CN2CCC1CC2)c1ccc(-c2ccc(-c3c[nH]c4ccccc34)cc2)o1. The maximum absolute atomic E-state index is 12.7. The van der Waals surface area contributed by atoms with Gasteiger partial charge in [-0.3, -0.25) is 4.79 Å². The van der Waals surface area contributed by atoms with Crippen LogP contribution in [0.25, 0.3) is 33.4 Å². The summed E-state index contributed by atoms with van der Waals surface area (Å²) in [4.78, 5) is 18.5. The second kappa shape index (κ2) is 7.43. The topological polar surface area (TPSA) is 61.3 Å². The fourth-order valence-corrected chi connectivity index (χ4v) is 5.11. The van der Waals surface area contributed by atoms with E-state index in [2.05, 4.69) is 45.5 Å². The third-order valence-corrected chi connectivity index (χ3v) is 6.87. The second-order valence-electron chi connectivity index (χ2n) is 8.71. The van der Waals surface area contributed by atoms with Crippen molar-refractivity contribution in [2.75, 3.05) is 19.6 Å². The third kappa shape index (κ3) is 3.35. The summed E-state index contributed by atoms with van der Waals surface area (Å²) in [7, 11) is 0. The van der Waals surface area contributed by atoms with E-state index in [0.29, 0.717) is 17.4 Å². The molecule has 3 aliphatic heterocycles. The van der Waals surface area contributed by atoms with Crippen molar-refractivity contribution in [3.8, 4) is 22.5 Å². The molecular weight excluding hydrogens is 386 g/mol. The quantitative estimate of drug-likeness (QED) is 0.501. The zero-order valence-electron chi connectivity index (χ0n) is 17.3. The number of carbonyl (C=O) groups is 1. The largest absolute Gasteiger partial charge is 0.451 e. The lowest BCUT2D eigenvalue weighted by Gasteiger charge is -2.44. The van der Waals surface area contributed by atoms with Crippen LogP contribution in [0.5, 0.6) is 0 Å². The molecule has 7 rings (SSSR count). The Labute approximate surface area is 181 Å². The van der Waals surface area contributed by atoms with Crippen molar-refractivity contribution < 1.29 is 9.21 Å². The van der Waals surface area contributed by atoms with Gasteiger partial charge in [-0.25, -0.2) is 0 Å². The first-order valence-electron chi connectivity index (χ1n) is 11.0. The van der Waals surface area contributed by atoms with Gasteiger partial charge in [-0.1, -0.05) is 42.5 Å². The van der Waals surface area contributed by atoms with E-state index in [4.69, 9.17) is 4.42 Å². The van der Waals surface area contributed by atoms with Gasteiger partial charge >= 0.3 is 0 Å². The van der Waals surface area contributed by atoms with E-state index in [-0.39, 0.29) is 11.9 Å². The number of aromatic amines is 1. The van der Waals surface area contributed by atoms with Crippen molar-refractivity contribution in [3.05, 3.63) is 72.6 Å². The Morgan fingerprint density at radius 3 is 2.52 bits per heavy atom. The minimum absolute atomic E-state index is 0.111. The van der Waals surface area contributed by atoms with Gasteiger partial charge in [-0.05, 0) is 55.6 Å². The Kier molecular flexibility index (Phi) is 4.42. The minimum Gasteiger partial charge on any atom is -0.451 e. The highest BCUT2D eigenvalue weighted by atomic mass is 16.3. The van der Waals surface area contributed by atoms with Crippen LogP contribution in [-0.4, -0.2) is 41.5 Å². The predicted octanol–water partition coefficient (Wildman–Crippen LogP) is 4.92. The number of amides is 1. The Bertz CT molecular complexity index is 1230. The molecule has 3 saturated heterocycles. The number of H-pyrrole nitrogens is 1. The van der Waals surface area contributed by atoms with Crippen LogP contribution in [0.1, 0.15) is 23.4 Å². The monoisotopic (exact) mass is 411 g/mol. The van der Waals surface area contributed by atoms with Crippen LogP contribution in [0.3, 0.4) is 0 Å². The highest BCUT2D eigenvalue weighted by Gasteiger charge is 2.35. The van der Waals surface area contributed by atoms with Gasteiger partial charge in [0.25, 0.3) is 5.91 Å². The predicted molar refractivity (Wildman–Crippen MR) is 122 cm³/mol. The molecule has 0 saturated carbocycles. The zero-order chi connectivity index (χ0) is 20.8. The van der Waals surface area contributed by atoms with Crippen molar-refractivity contribution in [1.29, 1.82) is 0 Å². The highest BCUT2D eigenvalue weighted by molar-refractivity contribution is 5.96. The molecule has 4 aromatic rings. The average Bonchev–Trinajstić information content (AvgIpc) is 3.48. The van der Waals surface area contributed by atoms with Gasteiger partial charge in [-0.15, -0.1) is 0 Å². The van der Waals surface area contributed by atoms with Gasteiger partial charge in [0.05, 0.1) is 0 Å². The van der Waals surface area contributed by atoms with Crippen molar-refractivity contribution in [2.24, 2.45) is 5.92 Å². The summed E-state index contributed by atoms with van der Waals surface area (Å²) < 4.78 is 5.92. The number of rotatable bonds is 4. The van der Waals surface area contributed by atoms with E-state index in [1.165, 1.54) is 23.8 Å². The molecule has 0 spiro atoms. The normalized spacial score (nSPS) is 22.6. The number of hydrogen-bond acceptors (Lipinski definition) is 3. The summed E-state index contributed by atoms with van der Waals surface area (Å²) >= 11 is 0. The molecule has 0 aliphatic carbocycles. The number of nitrogens with one attached hydrogen (secondary N) is 2. The molecule has 2 aromatic carbocycles. The lowest BCUT2D eigenvalue weighted by Crippen LogP contribution is -2.57. The summed E-state index contributed by atoms with van der Waals surface area (Å²) in [5, 5.41) is 4.41. The van der Waals surface area contributed by atoms with Crippen LogP contribution in [0, 0.1) is 5.92 Å². The van der Waals surface area contributed by atoms with Gasteiger partial charge < -0.3 is 19.6 Å². The van der Waals surface area contributed by atoms with E-state index in [1.54, 1.807) is 6.07 Å². The molecule has 5 heteroatoms. The van der Waals surface area contributed by atoms with Crippen LogP contribution in [0.15, 0.2) is 71.3 Å². The fourth-order valence-electron chi connectivity index (χ4n) is 5.11. The van der Waals surface area contributed by atoms with Crippen LogP contribution >= 0.6 is 0 Å². The molecule has 1 atom stereocenters. The van der Waals surface area contributed by atoms with Crippen molar-refractivity contribution in [1.82, 2.24) is 15.2 Å². The molecule has 0 unspecified atom stereocenters.